The van der Waals surface area contributed by atoms with Crippen molar-refractivity contribution in [2.75, 3.05) is 11.9 Å². The molecule has 5 heteroatoms. The summed E-state index contributed by atoms with van der Waals surface area (Å²) >= 11 is 0. The summed E-state index contributed by atoms with van der Waals surface area (Å²) in [5.41, 5.74) is 1.75. The number of pyridine rings is 1. The summed E-state index contributed by atoms with van der Waals surface area (Å²) in [6, 6.07) is 13.4. The second kappa shape index (κ2) is 8.78. The Hall–Kier alpha value is -2.56. The van der Waals surface area contributed by atoms with Gasteiger partial charge in [0.2, 0.25) is 5.91 Å². The molecule has 0 saturated heterocycles. The van der Waals surface area contributed by atoms with Gasteiger partial charge in [-0.25, -0.2) is 0 Å². The minimum Gasteiger partial charge on any atom is -0.489 e. The molecule has 5 nitrogen and oxygen atoms in total. The van der Waals surface area contributed by atoms with Crippen LogP contribution in [0.2, 0.25) is 0 Å². The Bertz CT molecular complexity index is 615. The number of carbonyl (C=O) groups excluding carboxylic acids is 1. The van der Waals surface area contributed by atoms with E-state index in [-0.39, 0.29) is 12.0 Å². The van der Waals surface area contributed by atoms with E-state index in [0.717, 1.165) is 17.1 Å². The molecule has 1 aromatic heterocycles. The van der Waals surface area contributed by atoms with Crippen LogP contribution in [0.3, 0.4) is 0 Å². The summed E-state index contributed by atoms with van der Waals surface area (Å²) in [5.74, 6) is 0.793. The standard InChI is InChI=1S/C18H23N3O2/c1-14(2)23-17-9-4-3-8-16(17)20-12-10-18(22)21-13-15-7-5-6-11-19-15/h3-9,11,14,20H,10,12-13H2,1-2H3,(H,21,22). The number of anilines is 1. The number of ether oxygens (including phenoxy) is 1. The highest BCUT2D eigenvalue weighted by molar-refractivity contribution is 5.76. The van der Waals surface area contributed by atoms with Gasteiger partial charge < -0.3 is 15.4 Å². The van der Waals surface area contributed by atoms with E-state index in [1.54, 1.807) is 6.20 Å². The highest BCUT2D eigenvalue weighted by Gasteiger charge is 2.06. The smallest absolute Gasteiger partial charge is 0.222 e. The van der Waals surface area contributed by atoms with E-state index in [1.165, 1.54) is 0 Å². The van der Waals surface area contributed by atoms with E-state index in [1.807, 2.05) is 56.3 Å². The summed E-state index contributed by atoms with van der Waals surface area (Å²) in [6.07, 6.45) is 2.22. The lowest BCUT2D eigenvalue weighted by Crippen LogP contribution is -2.25. The summed E-state index contributed by atoms with van der Waals surface area (Å²) in [4.78, 5) is 16.0. The Kier molecular flexibility index (Phi) is 6.41. The predicted octanol–water partition coefficient (Wildman–Crippen LogP) is 2.99. The van der Waals surface area contributed by atoms with Crippen LogP contribution in [0.5, 0.6) is 5.75 Å². The number of rotatable bonds is 8. The van der Waals surface area contributed by atoms with Crippen molar-refractivity contribution in [3.05, 3.63) is 54.4 Å². The van der Waals surface area contributed by atoms with Gasteiger partial charge in [-0.3, -0.25) is 9.78 Å². The van der Waals surface area contributed by atoms with Crippen molar-refractivity contribution in [2.45, 2.75) is 32.9 Å². The molecule has 0 radical (unpaired) electrons. The third-order valence-electron chi connectivity index (χ3n) is 3.11. The zero-order valence-electron chi connectivity index (χ0n) is 13.6. The Morgan fingerprint density at radius 1 is 1.17 bits per heavy atom. The molecule has 0 aliphatic heterocycles. The molecule has 0 fully saturated rings. The lowest BCUT2D eigenvalue weighted by atomic mass is 10.2. The normalized spacial score (nSPS) is 10.4. The fourth-order valence-electron chi connectivity index (χ4n) is 2.06. The number of hydrogen-bond donors (Lipinski definition) is 2. The van der Waals surface area contributed by atoms with Crippen LogP contribution in [-0.4, -0.2) is 23.5 Å². The van der Waals surface area contributed by atoms with Gasteiger partial charge in [0.15, 0.2) is 0 Å². The van der Waals surface area contributed by atoms with E-state index < -0.39 is 0 Å². The van der Waals surface area contributed by atoms with E-state index >= 15 is 0 Å². The van der Waals surface area contributed by atoms with Gasteiger partial charge in [-0.05, 0) is 38.1 Å². The molecule has 0 spiro atoms. The molecule has 1 aromatic carbocycles. The van der Waals surface area contributed by atoms with Crippen molar-refractivity contribution in [3.63, 3.8) is 0 Å². The van der Waals surface area contributed by atoms with Crippen molar-refractivity contribution in [3.8, 4) is 5.75 Å². The van der Waals surface area contributed by atoms with Gasteiger partial charge in [-0.15, -0.1) is 0 Å². The lowest BCUT2D eigenvalue weighted by molar-refractivity contribution is -0.121. The second-order valence-corrected chi connectivity index (χ2v) is 5.44. The second-order valence-electron chi connectivity index (χ2n) is 5.44. The van der Waals surface area contributed by atoms with Gasteiger partial charge in [0.1, 0.15) is 5.75 Å². The Balaban J connectivity index is 1.75. The quantitative estimate of drug-likeness (QED) is 0.786. The van der Waals surface area contributed by atoms with Crippen LogP contribution < -0.4 is 15.4 Å². The topological polar surface area (TPSA) is 63.2 Å². The molecule has 0 bridgehead atoms. The predicted molar refractivity (Wildman–Crippen MR) is 91.4 cm³/mol. The number of aromatic nitrogens is 1. The average molecular weight is 313 g/mol. The van der Waals surface area contributed by atoms with Crippen LogP contribution in [0.15, 0.2) is 48.7 Å². The first-order valence-electron chi connectivity index (χ1n) is 7.81. The van der Waals surface area contributed by atoms with E-state index in [0.29, 0.717) is 19.5 Å². The molecule has 0 aliphatic rings. The van der Waals surface area contributed by atoms with Crippen LogP contribution in [0.1, 0.15) is 26.0 Å². The first kappa shape index (κ1) is 16.8. The Morgan fingerprint density at radius 3 is 2.70 bits per heavy atom. The molecular weight excluding hydrogens is 290 g/mol. The van der Waals surface area contributed by atoms with Crippen molar-refractivity contribution in [1.82, 2.24) is 10.3 Å². The minimum absolute atomic E-state index is 0.00888. The van der Waals surface area contributed by atoms with E-state index in [2.05, 4.69) is 15.6 Å². The van der Waals surface area contributed by atoms with Crippen molar-refractivity contribution in [2.24, 2.45) is 0 Å². The van der Waals surface area contributed by atoms with Gasteiger partial charge in [0.25, 0.3) is 0 Å². The zero-order chi connectivity index (χ0) is 16.5. The van der Waals surface area contributed by atoms with Gasteiger partial charge in [-0.1, -0.05) is 18.2 Å². The molecule has 1 amide bonds. The third kappa shape index (κ3) is 5.98. The molecule has 23 heavy (non-hydrogen) atoms. The van der Waals surface area contributed by atoms with Crippen LogP contribution >= 0.6 is 0 Å². The number of carbonyl (C=O) groups is 1. The monoisotopic (exact) mass is 313 g/mol. The first-order chi connectivity index (χ1) is 11.1. The maximum absolute atomic E-state index is 11.9. The highest BCUT2D eigenvalue weighted by atomic mass is 16.5. The number of para-hydroxylation sites is 2. The van der Waals surface area contributed by atoms with Gasteiger partial charge in [-0.2, -0.15) is 0 Å². The molecule has 0 aliphatic carbocycles. The molecule has 122 valence electrons. The van der Waals surface area contributed by atoms with Crippen LogP contribution in [0, 0.1) is 0 Å². The lowest BCUT2D eigenvalue weighted by Gasteiger charge is -2.15. The molecular formula is C18H23N3O2. The Labute approximate surface area is 137 Å². The molecule has 0 unspecified atom stereocenters. The maximum Gasteiger partial charge on any atom is 0.222 e. The molecule has 2 aromatic rings. The summed E-state index contributed by atoms with van der Waals surface area (Å²) < 4.78 is 5.74. The highest BCUT2D eigenvalue weighted by Crippen LogP contribution is 2.24. The molecule has 1 heterocycles. The average Bonchev–Trinajstić information content (AvgIpc) is 2.55. The number of amides is 1. The third-order valence-corrected chi connectivity index (χ3v) is 3.11. The fourth-order valence-corrected chi connectivity index (χ4v) is 2.06. The van der Waals surface area contributed by atoms with Crippen molar-refractivity contribution in [1.29, 1.82) is 0 Å². The van der Waals surface area contributed by atoms with Crippen molar-refractivity contribution < 1.29 is 9.53 Å². The van der Waals surface area contributed by atoms with Crippen LogP contribution in [0.25, 0.3) is 0 Å². The SMILES string of the molecule is CC(C)Oc1ccccc1NCCC(=O)NCc1ccccn1. The minimum atomic E-state index is -0.00888. The largest absolute Gasteiger partial charge is 0.489 e. The molecule has 2 N–H and O–H groups in total. The van der Waals surface area contributed by atoms with E-state index in [4.69, 9.17) is 4.74 Å². The fraction of sp³-hybridized carbons (Fsp3) is 0.333. The summed E-state index contributed by atoms with van der Waals surface area (Å²) in [5, 5.41) is 6.11. The first-order valence-corrected chi connectivity index (χ1v) is 7.81. The Morgan fingerprint density at radius 2 is 1.96 bits per heavy atom. The van der Waals surface area contributed by atoms with Gasteiger partial charge in [0.05, 0.1) is 24.0 Å². The number of nitrogens with one attached hydrogen (secondary N) is 2. The van der Waals surface area contributed by atoms with Crippen LogP contribution in [-0.2, 0) is 11.3 Å². The molecule has 0 saturated carbocycles. The summed E-state index contributed by atoms with van der Waals surface area (Å²) in [7, 11) is 0. The maximum atomic E-state index is 11.9. The van der Waals surface area contributed by atoms with Crippen molar-refractivity contribution >= 4 is 11.6 Å². The number of nitrogens with zero attached hydrogens (tertiary/aromatic N) is 1. The number of benzene rings is 1. The van der Waals surface area contributed by atoms with Gasteiger partial charge >= 0.3 is 0 Å². The molecule has 0 atom stereocenters. The van der Waals surface area contributed by atoms with Crippen LogP contribution in [0.4, 0.5) is 5.69 Å². The number of hydrogen-bond acceptors (Lipinski definition) is 4. The molecule has 2 rings (SSSR count). The van der Waals surface area contributed by atoms with E-state index in [9.17, 15) is 4.79 Å². The zero-order valence-corrected chi connectivity index (χ0v) is 13.6. The summed E-state index contributed by atoms with van der Waals surface area (Å²) in [6.45, 7) is 4.98. The van der Waals surface area contributed by atoms with Gasteiger partial charge in [0, 0.05) is 19.2 Å².